The van der Waals surface area contributed by atoms with Gasteiger partial charge in [-0.3, -0.25) is 29.3 Å². The minimum atomic E-state index is -0.618. The first-order valence-electron chi connectivity index (χ1n) is 16.2. The highest BCUT2D eigenvalue weighted by atomic mass is 35.5. The summed E-state index contributed by atoms with van der Waals surface area (Å²) in [6.45, 7) is 3.08. The van der Waals surface area contributed by atoms with Crippen molar-refractivity contribution < 1.29 is 23.5 Å². The molecule has 14 heteroatoms. The minimum Gasteiger partial charge on any atom is -0.489 e. The highest BCUT2D eigenvalue weighted by Crippen LogP contribution is 2.32. The van der Waals surface area contributed by atoms with Gasteiger partial charge in [-0.15, -0.1) is 0 Å². The Kier molecular flexibility index (Phi) is 9.27. The van der Waals surface area contributed by atoms with Gasteiger partial charge in [0.1, 0.15) is 11.9 Å². The molecular formula is C35H34Cl2FN7O4. The fraction of sp³-hybridized carbons (Fsp3) is 0.343. The van der Waals surface area contributed by atoms with Crippen LogP contribution in [0.2, 0.25) is 10.0 Å². The van der Waals surface area contributed by atoms with Crippen molar-refractivity contribution in [2.24, 2.45) is 0 Å². The number of halogens is 3. The summed E-state index contributed by atoms with van der Waals surface area (Å²) in [5.41, 5.74) is 10.9. The number of nitrogens with two attached hydrogens (primary N) is 1. The molecule has 11 nitrogen and oxygen atoms in total. The lowest BCUT2D eigenvalue weighted by atomic mass is 10.0. The number of ether oxygens (including phenoxy) is 1. The molecule has 3 aliphatic heterocycles. The van der Waals surface area contributed by atoms with Crippen LogP contribution in [0.5, 0.6) is 5.75 Å². The fourth-order valence-electron chi connectivity index (χ4n) is 6.80. The summed E-state index contributed by atoms with van der Waals surface area (Å²) in [7, 11) is 0. The quantitative estimate of drug-likeness (QED) is 0.179. The number of imide groups is 1. The van der Waals surface area contributed by atoms with Gasteiger partial charge in [0.15, 0.2) is 11.6 Å². The van der Waals surface area contributed by atoms with Crippen LogP contribution in [-0.4, -0.2) is 68.0 Å². The number of pyridine rings is 1. The number of carbonyl (C=O) groups is 3. The van der Waals surface area contributed by atoms with E-state index < -0.39 is 17.8 Å². The second-order valence-corrected chi connectivity index (χ2v) is 13.4. The molecule has 3 aliphatic rings. The molecule has 254 valence electrons. The van der Waals surface area contributed by atoms with Crippen molar-refractivity contribution >= 4 is 46.7 Å². The lowest BCUT2D eigenvalue weighted by molar-refractivity contribution is -0.136. The number of nitrogens with zero attached hydrogens (tertiary/aromatic N) is 5. The number of aromatic nitrogens is 3. The van der Waals surface area contributed by atoms with Gasteiger partial charge in [-0.2, -0.15) is 5.10 Å². The SMILES string of the molecule is Nc1ncc(-c2cnn(C3CCN(Cc4ccc5c(c4)CN([C@@H]4CCC(=O)NC4=O)C5=O)CC3)c2)cc1OCCc1c(Cl)ccc(F)c1Cl. The van der Waals surface area contributed by atoms with Crippen molar-refractivity contribution in [1.29, 1.82) is 0 Å². The Morgan fingerprint density at radius 2 is 1.84 bits per heavy atom. The van der Waals surface area contributed by atoms with Gasteiger partial charge in [0.2, 0.25) is 11.8 Å². The second-order valence-electron chi connectivity index (χ2n) is 12.6. The molecule has 0 unspecified atom stereocenters. The number of amides is 3. The van der Waals surface area contributed by atoms with Gasteiger partial charge in [-0.05, 0) is 60.2 Å². The maximum atomic E-state index is 13.9. The van der Waals surface area contributed by atoms with E-state index in [-0.39, 0.29) is 41.7 Å². The number of likely N-dealkylation sites (tertiary alicyclic amines) is 1. The summed E-state index contributed by atoms with van der Waals surface area (Å²) in [6, 6.07) is 10.0. The van der Waals surface area contributed by atoms with Gasteiger partial charge < -0.3 is 15.4 Å². The number of benzene rings is 2. The first-order chi connectivity index (χ1) is 23.6. The summed E-state index contributed by atoms with van der Waals surface area (Å²) >= 11 is 12.3. The zero-order chi connectivity index (χ0) is 34.2. The van der Waals surface area contributed by atoms with E-state index in [9.17, 15) is 18.8 Å². The molecule has 3 amide bonds. The van der Waals surface area contributed by atoms with Crippen molar-refractivity contribution in [3.8, 4) is 16.9 Å². The number of carbonyl (C=O) groups excluding carboxylic acids is 3. The van der Waals surface area contributed by atoms with E-state index in [2.05, 4.69) is 26.4 Å². The number of fused-ring (bicyclic) bond motifs is 1. The Labute approximate surface area is 292 Å². The highest BCUT2D eigenvalue weighted by molar-refractivity contribution is 6.36. The van der Waals surface area contributed by atoms with E-state index in [1.54, 1.807) is 17.3 Å². The molecule has 0 radical (unpaired) electrons. The van der Waals surface area contributed by atoms with Crippen molar-refractivity contribution in [3.63, 3.8) is 0 Å². The molecule has 4 aromatic rings. The monoisotopic (exact) mass is 705 g/mol. The predicted molar refractivity (Wildman–Crippen MR) is 182 cm³/mol. The third kappa shape index (κ3) is 6.85. The summed E-state index contributed by atoms with van der Waals surface area (Å²) in [5, 5.41) is 7.36. The first kappa shape index (κ1) is 33.0. The summed E-state index contributed by atoms with van der Waals surface area (Å²) < 4.78 is 21.8. The topological polar surface area (TPSA) is 136 Å². The Hall–Kier alpha value is -4.52. The van der Waals surface area contributed by atoms with Gasteiger partial charge in [0.05, 0.1) is 23.9 Å². The Balaban J connectivity index is 0.932. The lowest BCUT2D eigenvalue weighted by Crippen LogP contribution is -2.52. The molecule has 7 rings (SSSR count). The third-order valence-corrected chi connectivity index (χ3v) is 10.3. The molecule has 2 saturated heterocycles. The average Bonchev–Trinajstić information content (AvgIpc) is 3.71. The van der Waals surface area contributed by atoms with E-state index in [0.717, 1.165) is 54.7 Å². The van der Waals surface area contributed by atoms with E-state index in [1.807, 2.05) is 29.1 Å². The molecule has 1 atom stereocenters. The summed E-state index contributed by atoms with van der Waals surface area (Å²) in [6.07, 6.45) is 8.22. The molecule has 49 heavy (non-hydrogen) atoms. The van der Waals surface area contributed by atoms with Crippen LogP contribution >= 0.6 is 23.2 Å². The molecule has 0 spiro atoms. The van der Waals surface area contributed by atoms with E-state index in [0.29, 0.717) is 41.3 Å². The van der Waals surface area contributed by atoms with Crippen molar-refractivity contribution in [2.45, 2.75) is 57.3 Å². The van der Waals surface area contributed by atoms with Crippen molar-refractivity contribution in [3.05, 3.63) is 93.1 Å². The number of nitrogens with one attached hydrogen (secondary N) is 1. The van der Waals surface area contributed by atoms with Crippen molar-refractivity contribution in [1.82, 2.24) is 29.9 Å². The summed E-state index contributed by atoms with van der Waals surface area (Å²) in [4.78, 5) is 45.3. The lowest BCUT2D eigenvalue weighted by Gasteiger charge is -2.32. The molecule has 5 heterocycles. The van der Waals surface area contributed by atoms with E-state index >= 15 is 0 Å². The largest absolute Gasteiger partial charge is 0.489 e. The molecule has 0 bridgehead atoms. The predicted octanol–water partition coefficient (Wildman–Crippen LogP) is 5.19. The minimum absolute atomic E-state index is 0.0183. The van der Waals surface area contributed by atoms with Gasteiger partial charge >= 0.3 is 0 Å². The average molecular weight is 707 g/mol. The second kappa shape index (κ2) is 13.8. The molecule has 2 fully saturated rings. The fourth-order valence-corrected chi connectivity index (χ4v) is 7.36. The smallest absolute Gasteiger partial charge is 0.255 e. The van der Waals surface area contributed by atoms with Crippen LogP contribution in [0.3, 0.4) is 0 Å². The van der Waals surface area contributed by atoms with Gasteiger partial charge in [-0.25, -0.2) is 9.37 Å². The summed E-state index contributed by atoms with van der Waals surface area (Å²) in [5.74, 6) is -0.752. The van der Waals surface area contributed by atoms with Crippen LogP contribution in [0.1, 0.15) is 58.8 Å². The molecule has 0 aliphatic carbocycles. The van der Waals surface area contributed by atoms with E-state index in [4.69, 9.17) is 33.7 Å². The number of hydrogen-bond acceptors (Lipinski definition) is 8. The zero-order valence-electron chi connectivity index (χ0n) is 26.5. The number of rotatable bonds is 9. The van der Waals surface area contributed by atoms with Gasteiger partial charge in [0, 0.05) is 73.1 Å². The molecule has 3 N–H and O–H groups in total. The number of hydrogen-bond donors (Lipinski definition) is 2. The zero-order valence-corrected chi connectivity index (χ0v) is 28.0. The van der Waals surface area contributed by atoms with Crippen LogP contribution in [0.25, 0.3) is 11.1 Å². The first-order valence-corrected chi connectivity index (χ1v) is 16.9. The van der Waals surface area contributed by atoms with Crippen LogP contribution in [0, 0.1) is 5.82 Å². The Morgan fingerprint density at radius 1 is 1.02 bits per heavy atom. The van der Waals surface area contributed by atoms with Crippen LogP contribution in [-0.2, 0) is 29.1 Å². The van der Waals surface area contributed by atoms with Crippen LogP contribution in [0.15, 0.2) is 55.0 Å². The molecule has 0 saturated carbocycles. The molecule has 2 aromatic heterocycles. The number of anilines is 1. The standard InChI is InChI=1S/C35H34Cl2FN7O4/c36-27-3-4-28(38)32(37)26(27)9-12-49-30-14-21(15-40-33(30)39)23-16-41-45(19-23)24-7-10-43(11-8-24)17-20-1-2-25-22(13-20)18-44(35(25)48)29-5-6-31(46)42-34(29)47/h1-4,13-16,19,24,29H,5-12,17-18H2,(H2,39,40)(H,42,46,47)/t29-/m1/s1. The maximum Gasteiger partial charge on any atom is 0.255 e. The number of nitrogen functional groups attached to an aromatic ring is 1. The van der Waals surface area contributed by atoms with Crippen LogP contribution < -0.4 is 15.8 Å². The third-order valence-electron chi connectivity index (χ3n) is 9.49. The Bertz CT molecular complexity index is 1940. The Morgan fingerprint density at radius 3 is 2.63 bits per heavy atom. The normalized spacial score (nSPS) is 18.6. The van der Waals surface area contributed by atoms with Crippen molar-refractivity contribution in [2.75, 3.05) is 25.4 Å². The maximum absolute atomic E-state index is 13.9. The van der Waals surface area contributed by atoms with Gasteiger partial charge in [0.25, 0.3) is 5.91 Å². The highest BCUT2D eigenvalue weighted by Gasteiger charge is 2.39. The van der Waals surface area contributed by atoms with Gasteiger partial charge in [-0.1, -0.05) is 35.3 Å². The van der Waals surface area contributed by atoms with E-state index in [1.165, 1.54) is 12.1 Å². The molecular weight excluding hydrogens is 672 g/mol. The van der Waals surface area contributed by atoms with Crippen LogP contribution in [0.4, 0.5) is 10.2 Å². The molecule has 2 aromatic carbocycles. The number of piperidine rings is 2.